The molecule has 0 fully saturated rings. The van der Waals surface area contributed by atoms with Crippen molar-refractivity contribution in [3.8, 4) is 5.75 Å². The third-order valence-electron chi connectivity index (χ3n) is 4.26. The quantitative estimate of drug-likeness (QED) is 0.440. The Morgan fingerprint density at radius 1 is 1.41 bits per heavy atom. The first-order valence-electron chi connectivity index (χ1n) is 8.56. The molecule has 0 aliphatic carbocycles. The van der Waals surface area contributed by atoms with E-state index in [0.29, 0.717) is 17.9 Å². The summed E-state index contributed by atoms with van der Waals surface area (Å²) in [6.07, 6.45) is 6.94. The summed E-state index contributed by atoms with van der Waals surface area (Å²) in [5, 5.41) is 4.90. The number of sulfonamides is 1. The van der Waals surface area contributed by atoms with Crippen LogP contribution < -0.4 is 9.57 Å². The monoisotopic (exact) mass is 390 g/mol. The standard InChI is InChI=1S/C20H26N2O4S/c1-6-15(2)8-7-11-27(23,24)22-21-14-17-12-18-16(13-19(17)25-5)9-10-26-20(18,3)4/h6-8,11-14,22H,1,9-10H2,2-5H3/b11-7+,15-8-,21-14+. The Bertz CT molecular complexity index is 897. The van der Waals surface area contributed by atoms with Crippen molar-refractivity contribution in [2.75, 3.05) is 13.7 Å². The number of hydrazone groups is 1. The average molecular weight is 391 g/mol. The fourth-order valence-electron chi connectivity index (χ4n) is 2.74. The molecule has 0 atom stereocenters. The maximum Gasteiger partial charge on any atom is 0.269 e. The van der Waals surface area contributed by atoms with Crippen molar-refractivity contribution in [2.45, 2.75) is 32.8 Å². The number of rotatable bonds is 7. The Morgan fingerprint density at radius 2 is 2.15 bits per heavy atom. The van der Waals surface area contributed by atoms with Crippen LogP contribution >= 0.6 is 0 Å². The molecule has 0 amide bonds. The lowest BCUT2D eigenvalue weighted by atomic mass is 9.87. The highest BCUT2D eigenvalue weighted by atomic mass is 32.2. The van der Waals surface area contributed by atoms with Gasteiger partial charge in [0, 0.05) is 5.56 Å². The molecule has 1 aromatic rings. The van der Waals surface area contributed by atoms with Crippen LogP contribution in [0.4, 0.5) is 0 Å². The zero-order valence-electron chi connectivity index (χ0n) is 16.2. The summed E-state index contributed by atoms with van der Waals surface area (Å²) in [6, 6.07) is 3.88. The first-order chi connectivity index (χ1) is 12.7. The van der Waals surface area contributed by atoms with Crippen LogP contribution in [0.15, 0.2) is 53.0 Å². The van der Waals surface area contributed by atoms with E-state index in [1.165, 1.54) is 12.3 Å². The van der Waals surface area contributed by atoms with Gasteiger partial charge in [-0.25, -0.2) is 13.2 Å². The summed E-state index contributed by atoms with van der Waals surface area (Å²) in [6.45, 7) is 10.1. The van der Waals surface area contributed by atoms with Gasteiger partial charge < -0.3 is 9.47 Å². The van der Waals surface area contributed by atoms with Crippen LogP contribution in [0.25, 0.3) is 0 Å². The molecule has 27 heavy (non-hydrogen) atoms. The minimum absolute atomic E-state index is 0.417. The Kier molecular flexibility index (Phi) is 6.62. The highest BCUT2D eigenvalue weighted by Gasteiger charge is 2.29. The van der Waals surface area contributed by atoms with Gasteiger partial charge in [0.2, 0.25) is 0 Å². The number of hydrogen-bond donors (Lipinski definition) is 1. The maximum atomic E-state index is 12.0. The van der Waals surface area contributed by atoms with Crippen LogP contribution in [0.5, 0.6) is 5.75 Å². The van der Waals surface area contributed by atoms with Gasteiger partial charge in [-0.15, -0.1) is 0 Å². The fourth-order valence-corrected chi connectivity index (χ4v) is 3.29. The first-order valence-corrected chi connectivity index (χ1v) is 10.1. The first kappa shape index (κ1) is 20.9. The Hall–Kier alpha value is -2.38. The van der Waals surface area contributed by atoms with E-state index in [4.69, 9.17) is 9.47 Å². The number of methoxy groups -OCH3 is 1. The largest absolute Gasteiger partial charge is 0.496 e. The normalized spacial score (nSPS) is 17.1. The van der Waals surface area contributed by atoms with E-state index in [-0.39, 0.29) is 0 Å². The summed E-state index contributed by atoms with van der Waals surface area (Å²) in [4.78, 5) is 2.16. The van der Waals surface area contributed by atoms with Crippen molar-refractivity contribution < 1.29 is 17.9 Å². The van der Waals surface area contributed by atoms with E-state index >= 15 is 0 Å². The van der Waals surface area contributed by atoms with Crippen molar-refractivity contribution in [3.05, 3.63) is 64.6 Å². The lowest BCUT2D eigenvalue weighted by Gasteiger charge is -2.33. The second kappa shape index (κ2) is 8.54. The van der Waals surface area contributed by atoms with Gasteiger partial charge in [-0.1, -0.05) is 24.3 Å². The van der Waals surface area contributed by atoms with Crippen LogP contribution in [0, 0.1) is 0 Å². The molecule has 7 heteroatoms. The van der Waals surface area contributed by atoms with E-state index in [0.717, 1.165) is 28.5 Å². The van der Waals surface area contributed by atoms with E-state index in [2.05, 4.69) is 16.5 Å². The molecule has 0 bridgehead atoms. The molecule has 0 saturated heterocycles. The van der Waals surface area contributed by atoms with Crippen molar-refractivity contribution in [3.63, 3.8) is 0 Å². The van der Waals surface area contributed by atoms with Gasteiger partial charge in [0.05, 0.1) is 30.9 Å². The zero-order valence-corrected chi connectivity index (χ0v) is 17.0. The van der Waals surface area contributed by atoms with Crippen molar-refractivity contribution in [1.82, 2.24) is 4.83 Å². The molecule has 0 radical (unpaired) electrons. The molecule has 1 N–H and O–H groups in total. The van der Waals surface area contributed by atoms with Gasteiger partial charge in [0.25, 0.3) is 10.0 Å². The van der Waals surface area contributed by atoms with Crippen LogP contribution in [-0.4, -0.2) is 28.3 Å². The number of nitrogens with zero attached hydrogens (tertiary/aromatic N) is 1. The molecule has 1 aliphatic rings. The number of benzene rings is 1. The lowest BCUT2D eigenvalue weighted by Crippen LogP contribution is -2.29. The molecule has 0 spiro atoms. The van der Waals surface area contributed by atoms with Gasteiger partial charge in [-0.3, -0.25) is 0 Å². The zero-order chi connectivity index (χ0) is 20.1. The van der Waals surface area contributed by atoms with Crippen LogP contribution in [-0.2, 0) is 26.8 Å². The van der Waals surface area contributed by atoms with Crippen LogP contribution in [0.3, 0.4) is 0 Å². The SMILES string of the molecule is C=C/C(C)=C\C=C\S(=O)(=O)N/N=C/c1cc2c(cc1OC)CCOC2(C)C. The molecule has 1 heterocycles. The van der Waals surface area contributed by atoms with Gasteiger partial charge in [0.15, 0.2) is 0 Å². The minimum Gasteiger partial charge on any atom is -0.496 e. The number of nitrogens with one attached hydrogen (secondary N) is 1. The van der Waals surface area contributed by atoms with E-state index in [1.807, 2.05) is 32.9 Å². The smallest absolute Gasteiger partial charge is 0.269 e. The summed E-state index contributed by atoms with van der Waals surface area (Å²) in [7, 11) is -2.11. The average Bonchev–Trinajstić information content (AvgIpc) is 2.61. The topological polar surface area (TPSA) is 77.0 Å². The molecule has 0 unspecified atom stereocenters. The molecule has 6 nitrogen and oxygen atoms in total. The van der Waals surface area contributed by atoms with Gasteiger partial charge >= 0.3 is 0 Å². The number of ether oxygens (including phenoxy) is 2. The molecule has 146 valence electrons. The summed E-state index contributed by atoms with van der Waals surface area (Å²) in [5.74, 6) is 0.634. The predicted octanol–water partition coefficient (Wildman–Crippen LogP) is 3.40. The number of hydrogen-bond acceptors (Lipinski definition) is 5. The predicted molar refractivity (Wildman–Crippen MR) is 108 cm³/mol. The van der Waals surface area contributed by atoms with Gasteiger partial charge in [-0.2, -0.15) is 5.10 Å². The fraction of sp³-hybridized carbons (Fsp3) is 0.350. The maximum absolute atomic E-state index is 12.0. The molecule has 1 aliphatic heterocycles. The summed E-state index contributed by atoms with van der Waals surface area (Å²) in [5.41, 5.74) is 3.31. The van der Waals surface area contributed by atoms with E-state index in [9.17, 15) is 8.42 Å². The molecular weight excluding hydrogens is 364 g/mol. The molecule has 1 aromatic carbocycles. The molecular formula is C20H26N2O4S. The lowest BCUT2D eigenvalue weighted by molar-refractivity contribution is -0.0315. The molecule has 0 aromatic heterocycles. The molecule has 2 rings (SSSR count). The van der Waals surface area contributed by atoms with Crippen molar-refractivity contribution in [2.24, 2.45) is 5.10 Å². The second-order valence-corrected chi connectivity index (χ2v) is 8.24. The molecule has 0 saturated carbocycles. The van der Waals surface area contributed by atoms with Crippen LogP contribution in [0.2, 0.25) is 0 Å². The van der Waals surface area contributed by atoms with Gasteiger partial charge in [-0.05, 0) is 56.5 Å². The highest BCUT2D eigenvalue weighted by molar-refractivity contribution is 7.92. The Morgan fingerprint density at radius 3 is 2.81 bits per heavy atom. The Labute approximate surface area is 161 Å². The van der Waals surface area contributed by atoms with Crippen LogP contribution in [0.1, 0.15) is 37.5 Å². The van der Waals surface area contributed by atoms with E-state index in [1.54, 1.807) is 19.3 Å². The third-order valence-corrected chi connectivity index (χ3v) is 5.14. The minimum atomic E-state index is -3.69. The van der Waals surface area contributed by atoms with Crippen molar-refractivity contribution in [1.29, 1.82) is 0 Å². The number of fused-ring (bicyclic) bond motifs is 1. The number of allylic oxidation sites excluding steroid dienone is 4. The van der Waals surface area contributed by atoms with Crippen molar-refractivity contribution >= 4 is 16.2 Å². The van der Waals surface area contributed by atoms with E-state index < -0.39 is 15.6 Å². The third kappa shape index (κ3) is 5.55. The summed E-state index contributed by atoms with van der Waals surface area (Å²) < 4.78 is 35.2. The Balaban J connectivity index is 2.22. The summed E-state index contributed by atoms with van der Waals surface area (Å²) >= 11 is 0. The highest BCUT2D eigenvalue weighted by Crippen LogP contribution is 2.35. The second-order valence-electron chi connectivity index (χ2n) is 6.70. The van der Waals surface area contributed by atoms with Gasteiger partial charge in [0.1, 0.15) is 5.75 Å².